The van der Waals surface area contributed by atoms with Crippen LogP contribution < -0.4 is 10.6 Å². The molecule has 0 heterocycles. The van der Waals surface area contributed by atoms with Gasteiger partial charge in [0.05, 0.1) is 0 Å². The van der Waals surface area contributed by atoms with Crippen molar-refractivity contribution in [1.82, 2.24) is 0 Å². The predicted octanol–water partition coefficient (Wildman–Crippen LogP) is 3.96. The molecule has 0 aliphatic heterocycles. The summed E-state index contributed by atoms with van der Waals surface area (Å²) in [6, 6.07) is 21.0. The minimum atomic E-state index is -0.106. The van der Waals surface area contributed by atoms with Gasteiger partial charge in [-0.1, -0.05) is 60.7 Å². The molecule has 0 amide bonds. The van der Waals surface area contributed by atoms with Crippen molar-refractivity contribution in [3.63, 3.8) is 0 Å². The van der Waals surface area contributed by atoms with E-state index >= 15 is 0 Å². The van der Waals surface area contributed by atoms with Gasteiger partial charge in [-0.15, -0.1) is 0 Å². The topological polar surface area (TPSA) is 0 Å². The van der Waals surface area contributed by atoms with E-state index in [2.05, 4.69) is 48.5 Å². The molecule has 1 radical (unpaired) electrons. The number of halogens is 2. The summed E-state index contributed by atoms with van der Waals surface area (Å²) in [6.45, 7) is 0. The van der Waals surface area contributed by atoms with Gasteiger partial charge in [-0.3, -0.25) is 0 Å². The van der Waals surface area contributed by atoms with Gasteiger partial charge in [-0.05, 0) is 19.2 Å². The van der Waals surface area contributed by atoms with Crippen molar-refractivity contribution in [2.45, 2.75) is 0 Å². The van der Waals surface area contributed by atoms with Gasteiger partial charge >= 0.3 is 35.0 Å². The van der Waals surface area contributed by atoms with Crippen LogP contribution in [-0.2, 0) is 15.9 Å². The van der Waals surface area contributed by atoms with E-state index < -0.39 is 0 Å². The molecule has 0 aliphatic rings. The van der Waals surface area contributed by atoms with Crippen LogP contribution in [0.15, 0.2) is 60.7 Å². The number of rotatable bonds is 2. The fraction of sp³-hybridized carbons (Fsp3) is 0. The Hall–Kier alpha value is 0.112. The van der Waals surface area contributed by atoms with E-state index in [-0.39, 0.29) is 15.9 Å². The first-order chi connectivity index (χ1) is 7.86. The van der Waals surface area contributed by atoms with E-state index in [0.717, 1.165) is 0 Å². The van der Waals surface area contributed by atoms with Crippen LogP contribution in [0.5, 0.6) is 0 Å². The summed E-state index contributed by atoms with van der Waals surface area (Å²) in [6.07, 6.45) is 0. The van der Waals surface area contributed by atoms with Gasteiger partial charge in [0.15, 0.2) is 0 Å². The molecule has 16 heavy (non-hydrogen) atoms. The van der Waals surface area contributed by atoms with Crippen molar-refractivity contribution in [3.05, 3.63) is 60.7 Å². The second-order valence-electron chi connectivity index (χ2n) is 2.83. The molecule has 0 aromatic heterocycles. The van der Waals surface area contributed by atoms with Crippen molar-refractivity contribution in [3.8, 4) is 0 Å². The molecular formula is C12H10Cl2PPd. The molecule has 0 bridgehead atoms. The number of hydrogen-bond donors (Lipinski definition) is 0. The van der Waals surface area contributed by atoms with Gasteiger partial charge in [0.2, 0.25) is 0 Å². The Bertz CT molecular complexity index is 343. The molecule has 2 aromatic carbocycles. The molecule has 0 N–H and O–H groups in total. The van der Waals surface area contributed by atoms with Crippen LogP contribution in [0, 0.1) is 0 Å². The zero-order valence-electron chi connectivity index (χ0n) is 8.29. The Kier molecular flexibility index (Phi) is 8.13. The quantitative estimate of drug-likeness (QED) is 0.560. The molecule has 0 saturated carbocycles. The summed E-state index contributed by atoms with van der Waals surface area (Å²) in [7, 11) is 10.9. The second-order valence-corrected chi connectivity index (χ2v) is 6.44. The van der Waals surface area contributed by atoms with Gasteiger partial charge in [0.25, 0.3) is 0 Å². The standard InChI is InChI=1S/C12H10P.2ClH.Pd/c1-3-7-11(8-4-1)13-12-9-5-2-6-10-12;;;/h1-10H;2*1H;/q;;;+2/p-2. The summed E-state index contributed by atoms with van der Waals surface area (Å²) >= 11 is -0.106. The molecule has 0 saturated heterocycles. The Morgan fingerprint density at radius 1 is 0.688 bits per heavy atom. The molecule has 0 spiro atoms. The second kappa shape index (κ2) is 9.17. The Morgan fingerprint density at radius 3 is 1.31 bits per heavy atom. The van der Waals surface area contributed by atoms with E-state index in [1.807, 2.05) is 12.1 Å². The Labute approximate surface area is 114 Å². The minimum absolute atomic E-state index is 0.106. The molecule has 2 aromatic rings. The summed E-state index contributed by atoms with van der Waals surface area (Å²) in [5.74, 6) is 0. The molecule has 0 nitrogen and oxygen atoms in total. The summed E-state index contributed by atoms with van der Waals surface area (Å²) in [4.78, 5) is 0. The van der Waals surface area contributed by atoms with E-state index in [4.69, 9.17) is 19.1 Å². The normalized spacial score (nSPS) is 9.38. The summed E-state index contributed by atoms with van der Waals surface area (Å²) in [5.41, 5.74) is 0. The first kappa shape index (κ1) is 14.2. The van der Waals surface area contributed by atoms with Gasteiger partial charge in [0, 0.05) is 0 Å². The predicted molar refractivity (Wildman–Crippen MR) is 70.8 cm³/mol. The SMILES string of the molecule is [Cl][Pd][Cl].c1ccc([P]c2ccccc2)cc1. The average Bonchev–Trinajstić information content (AvgIpc) is 2.33. The third-order valence-electron chi connectivity index (χ3n) is 1.77. The van der Waals surface area contributed by atoms with Crippen molar-refractivity contribution in [2.24, 2.45) is 0 Å². The van der Waals surface area contributed by atoms with E-state index in [9.17, 15) is 0 Å². The van der Waals surface area contributed by atoms with Gasteiger partial charge in [0.1, 0.15) is 0 Å². The minimum Gasteiger partial charge on any atom is -0.0622 e. The zero-order valence-corrected chi connectivity index (χ0v) is 12.3. The van der Waals surface area contributed by atoms with Gasteiger partial charge in [-0.25, -0.2) is 0 Å². The number of hydrogen-bond acceptors (Lipinski definition) is 0. The molecule has 0 aliphatic carbocycles. The van der Waals surface area contributed by atoms with Crippen molar-refractivity contribution >= 4 is 38.2 Å². The van der Waals surface area contributed by atoms with Gasteiger partial charge in [-0.2, -0.15) is 0 Å². The van der Waals surface area contributed by atoms with Crippen LogP contribution in [0.2, 0.25) is 0 Å². The molecule has 4 heteroatoms. The smallest absolute Gasteiger partial charge is 0.0100 e. The summed E-state index contributed by atoms with van der Waals surface area (Å²) in [5, 5.41) is 2.68. The first-order valence-electron chi connectivity index (χ1n) is 4.51. The maximum atomic E-state index is 4.81. The fourth-order valence-corrected chi connectivity index (χ4v) is 2.09. The Morgan fingerprint density at radius 2 is 1.00 bits per heavy atom. The molecule has 87 valence electrons. The maximum Gasteiger partial charge on any atom is -0.0100 e. The van der Waals surface area contributed by atoms with Crippen LogP contribution in [0.1, 0.15) is 0 Å². The molecule has 0 atom stereocenters. The monoisotopic (exact) mass is 361 g/mol. The third kappa shape index (κ3) is 6.00. The fourth-order valence-electron chi connectivity index (χ4n) is 1.15. The van der Waals surface area contributed by atoms with Crippen molar-refractivity contribution in [1.29, 1.82) is 0 Å². The molecule has 2 rings (SSSR count). The van der Waals surface area contributed by atoms with E-state index in [1.54, 1.807) is 0 Å². The van der Waals surface area contributed by atoms with Crippen LogP contribution >= 0.6 is 27.6 Å². The summed E-state index contributed by atoms with van der Waals surface area (Å²) < 4.78 is 0. The molecule has 0 fully saturated rings. The van der Waals surface area contributed by atoms with E-state index in [1.165, 1.54) is 19.2 Å². The van der Waals surface area contributed by atoms with Gasteiger partial charge < -0.3 is 0 Å². The van der Waals surface area contributed by atoms with Crippen molar-refractivity contribution in [2.75, 3.05) is 0 Å². The van der Waals surface area contributed by atoms with E-state index in [0.29, 0.717) is 0 Å². The Balaban J connectivity index is 0.000000386. The van der Waals surface area contributed by atoms with Crippen LogP contribution in [0.25, 0.3) is 0 Å². The zero-order chi connectivity index (χ0) is 11.6. The first-order valence-corrected chi connectivity index (χ1v) is 9.41. The maximum absolute atomic E-state index is 4.81. The molecule has 0 unspecified atom stereocenters. The number of benzene rings is 2. The largest absolute Gasteiger partial charge is 0.0622 e. The average molecular weight is 363 g/mol. The van der Waals surface area contributed by atoms with Crippen LogP contribution in [0.3, 0.4) is 0 Å². The van der Waals surface area contributed by atoms with Crippen LogP contribution in [-0.4, -0.2) is 0 Å². The van der Waals surface area contributed by atoms with Crippen LogP contribution in [0.4, 0.5) is 0 Å². The molecular weight excluding hydrogens is 352 g/mol. The van der Waals surface area contributed by atoms with Crippen molar-refractivity contribution < 1.29 is 15.9 Å². The third-order valence-corrected chi connectivity index (χ3v) is 2.88.